The number of ether oxygens (including phenoxy) is 6. The van der Waals surface area contributed by atoms with Crippen LogP contribution in [0.3, 0.4) is 0 Å². The lowest BCUT2D eigenvalue weighted by Crippen LogP contribution is -2.56. The summed E-state index contributed by atoms with van der Waals surface area (Å²) in [5, 5.41) is 0. The molecule has 0 saturated carbocycles. The van der Waals surface area contributed by atoms with E-state index in [1.54, 1.807) is 27.7 Å². The Kier molecular flexibility index (Phi) is 3.75. The summed E-state index contributed by atoms with van der Waals surface area (Å²) in [6, 6.07) is 0. The van der Waals surface area contributed by atoms with Crippen molar-refractivity contribution in [1.82, 2.24) is 0 Å². The maximum atomic E-state index is 12.3. The Morgan fingerprint density at radius 2 is 1.48 bits per heavy atom. The van der Waals surface area contributed by atoms with Crippen molar-refractivity contribution in [3.05, 3.63) is 0 Å². The predicted octanol–water partition coefficient (Wildman–Crippen LogP) is 1.62. The number of rotatable bonds is 3. The Bertz CT molecular complexity index is 402. The quantitative estimate of drug-likeness (QED) is 0.789. The predicted molar refractivity (Wildman–Crippen MR) is 64.5 cm³/mol. The fourth-order valence-corrected chi connectivity index (χ4v) is 3.00. The topological polar surface area (TPSA) is 55.4 Å². The molecule has 3 aliphatic rings. The van der Waals surface area contributed by atoms with E-state index in [2.05, 4.69) is 4.74 Å². The van der Waals surface area contributed by atoms with Gasteiger partial charge in [-0.1, -0.05) is 0 Å². The van der Waals surface area contributed by atoms with Crippen LogP contribution >= 0.6 is 0 Å². The van der Waals surface area contributed by atoms with E-state index in [-0.39, 0.29) is 6.61 Å². The standard InChI is InChI=1S/C13H20F2O6/c1-12(2)18-7-6(5-16-11(14)15)17-10-9(8(7)19-12)20-13(3,4)21-10/h6-11H,5H2,1-4H3/t6-,7+,8+,9-,10-/m1/s1. The summed E-state index contributed by atoms with van der Waals surface area (Å²) in [6.07, 6.45) is -2.85. The van der Waals surface area contributed by atoms with Gasteiger partial charge in [0.05, 0.1) is 6.61 Å². The molecule has 0 N–H and O–H groups in total. The van der Waals surface area contributed by atoms with Gasteiger partial charge in [0.1, 0.15) is 24.4 Å². The zero-order valence-corrected chi connectivity index (χ0v) is 12.4. The van der Waals surface area contributed by atoms with Gasteiger partial charge in [-0.15, -0.1) is 0 Å². The molecule has 0 bridgehead atoms. The zero-order chi connectivity index (χ0) is 15.4. The van der Waals surface area contributed by atoms with Crippen LogP contribution in [0.1, 0.15) is 27.7 Å². The van der Waals surface area contributed by atoms with Crippen molar-refractivity contribution < 1.29 is 37.2 Å². The average Bonchev–Trinajstić information content (AvgIpc) is 2.80. The molecule has 3 aliphatic heterocycles. The van der Waals surface area contributed by atoms with E-state index in [1.165, 1.54) is 0 Å². The third-order valence-electron chi connectivity index (χ3n) is 3.64. The summed E-state index contributed by atoms with van der Waals surface area (Å²) in [6.45, 7) is 3.87. The summed E-state index contributed by atoms with van der Waals surface area (Å²) >= 11 is 0. The van der Waals surface area contributed by atoms with Gasteiger partial charge in [0.15, 0.2) is 17.9 Å². The highest BCUT2D eigenvalue weighted by atomic mass is 19.3. The summed E-state index contributed by atoms with van der Waals surface area (Å²) < 4.78 is 57.7. The molecule has 122 valence electrons. The molecule has 3 fully saturated rings. The van der Waals surface area contributed by atoms with Crippen molar-refractivity contribution in [1.29, 1.82) is 0 Å². The van der Waals surface area contributed by atoms with Crippen LogP contribution in [-0.2, 0) is 28.4 Å². The van der Waals surface area contributed by atoms with Gasteiger partial charge in [0, 0.05) is 0 Å². The van der Waals surface area contributed by atoms with Crippen molar-refractivity contribution in [3.63, 3.8) is 0 Å². The van der Waals surface area contributed by atoms with Gasteiger partial charge in [-0.25, -0.2) is 0 Å². The highest BCUT2D eigenvalue weighted by Gasteiger charge is 2.60. The Balaban J connectivity index is 1.78. The normalized spacial score (nSPS) is 43.9. The largest absolute Gasteiger partial charge is 0.345 e. The minimum absolute atomic E-state index is 0.300. The fraction of sp³-hybridized carbons (Fsp3) is 1.00. The molecule has 5 atom stereocenters. The van der Waals surface area contributed by atoms with Gasteiger partial charge in [-0.2, -0.15) is 8.78 Å². The first-order valence-electron chi connectivity index (χ1n) is 6.93. The molecule has 0 unspecified atom stereocenters. The molecule has 3 heterocycles. The van der Waals surface area contributed by atoms with Crippen LogP contribution in [-0.4, -0.2) is 55.5 Å². The van der Waals surface area contributed by atoms with Crippen LogP contribution in [0.25, 0.3) is 0 Å². The molecular weight excluding hydrogens is 290 g/mol. The second-order valence-electron chi connectivity index (χ2n) is 6.30. The lowest BCUT2D eigenvalue weighted by Gasteiger charge is -2.37. The summed E-state index contributed by atoms with van der Waals surface area (Å²) in [5.41, 5.74) is 0. The third kappa shape index (κ3) is 3.06. The number of halogens is 2. The maximum Gasteiger partial charge on any atom is 0.345 e. The number of alkyl halides is 2. The summed E-state index contributed by atoms with van der Waals surface area (Å²) in [5.74, 6) is -1.67. The van der Waals surface area contributed by atoms with E-state index in [0.717, 1.165) is 0 Å². The highest BCUT2D eigenvalue weighted by Crippen LogP contribution is 2.44. The molecule has 0 amide bonds. The zero-order valence-electron chi connectivity index (χ0n) is 12.4. The van der Waals surface area contributed by atoms with E-state index in [1.807, 2.05) is 0 Å². The van der Waals surface area contributed by atoms with Crippen molar-refractivity contribution in [2.24, 2.45) is 0 Å². The molecule has 21 heavy (non-hydrogen) atoms. The van der Waals surface area contributed by atoms with E-state index in [9.17, 15) is 8.78 Å². The van der Waals surface area contributed by atoms with Gasteiger partial charge >= 0.3 is 6.61 Å². The lowest BCUT2D eigenvalue weighted by atomic mass is 9.99. The monoisotopic (exact) mass is 310 g/mol. The molecule has 0 radical (unpaired) electrons. The van der Waals surface area contributed by atoms with Gasteiger partial charge in [0.25, 0.3) is 0 Å². The van der Waals surface area contributed by atoms with E-state index >= 15 is 0 Å². The van der Waals surface area contributed by atoms with Crippen LogP contribution in [0.5, 0.6) is 0 Å². The molecule has 8 heteroatoms. The van der Waals surface area contributed by atoms with Crippen LogP contribution < -0.4 is 0 Å². The van der Waals surface area contributed by atoms with Crippen LogP contribution in [0, 0.1) is 0 Å². The van der Waals surface area contributed by atoms with Gasteiger partial charge < -0.3 is 28.4 Å². The van der Waals surface area contributed by atoms with Crippen molar-refractivity contribution in [2.75, 3.05) is 6.61 Å². The Morgan fingerprint density at radius 1 is 0.905 bits per heavy atom. The van der Waals surface area contributed by atoms with Crippen LogP contribution in [0.2, 0.25) is 0 Å². The van der Waals surface area contributed by atoms with Gasteiger partial charge in [-0.3, -0.25) is 0 Å². The maximum absolute atomic E-state index is 12.3. The van der Waals surface area contributed by atoms with Gasteiger partial charge in [-0.05, 0) is 27.7 Å². The second kappa shape index (κ2) is 5.07. The number of hydrogen-bond acceptors (Lipinski definition) is 6. The Morgan fingerprint density at radius 3 is 2.14 bits per heavy atom. The Hall–Kier alpha value is -0.380. The molecule has 3 rings (SSSR count). The molecule has 3 saturated heterocycles. The molecule has 0 aliphatic carbocycles. The van der Waals surface area contributed by atoms with E-state index in [0.29, 0.717) is 0 Å². The third-order valence-corrected chi connectivity index (χ3v) is 3.64. The Labute approximate surface area is 121 Å². The summed E-state index contributed by atoms with van der Waals surface area (Å²) in [7, 11) is 0. The second-order valence-corrected chi connectivity index (χ2v) is 6.30. The first-order chi connectivity index (χ1) is 9.67. The average molecular weight is 310 g/mol. The number of hydrogen-bond donors (Lipinski definition) is 0. The summed E-state index contributed by atoms with van der Waals surface area (Å²) in [4.78, 5) is 0. The highest BCUT2D eigenvalue weighted by molar-refractivity contribution is 4.99. The first kappa shape index (κ1) is 15.5. The van der Waals surface area contributed by atoms with Crippen molar-refractivity contribution in [3.8, 4) is 0 Å². The smallest absolute Gasteiger partial charge is 0.342 e. The van der Waals surface area contributed by atoms with Crippen LogP contribution in [0.15, 0.2) is 0 Å². The minimum atomic E-state index is -2.86. The minimum Gasteiger partial charge on any atom is -0.342 e. The van der Waals surface area contributed by atoms with E-state index in [4.69, 9.17) is 23.7 Å². The molecular formula is C13H20F2O6. The van der Waals surface area contributed by atoms with Gasteiger partial charge in [0.2, 0.25) is 0 Å². The van der Waals surface area contributed by atoms with E-state index < -0.39 is 48.9 Å². The molecule has 0 aromatic heterocycles. The van der Waals surface area contributed by atoms with Crippen LogP contribution in [0.4, 0.5) is 8.78 Å². The first-order valence-corrected chi connectivity index (χ1v) is 6.93. The lowest BCUT2D eigenvalue weighted by molar-refractivity contribution is -0.256. The molecule has 6 nitrogen and oxygen atoms in total. The van der Waals surface area contributed by atoms with Crippen molar-refractivity contribution in [2.45, 2.75) is 76.6 Å². The number of fused-ring (bicyclic) bond motifs is 3. The fourth-order valence-electron chi connectivity index (χ4n) is 3.00. The molecule has 0 spiro atoms. The SMILES string of the molecule is CC1(C)O[C@H]2[C@@H](O1)[C@@H](COC(F)F)O[C@@H]1OC(C)(C)O[C@@H]12. The van der Waals surface area contributed by atoms with Crippen molar-refractivity contribution >= 4 is 0 Å². The molecule has 0 aromatic rings. The molecule has 0 aromatic carbocycles.